The zero-order chi connectivity index (χ0) is 13.0. The number of aromatic nitrogens is 1. The summed E-state index contributed by atoms with van der Waals surface area (Å²) in [5, 5.41) is 0. The number of hydrogen-bond acceptors (Lipinski definition) is 2. The maximum Gasteiger partial charge on any atom is 0.123 e. The minimum absolute atomic E-state index is 0.219. The molecule has 3 heteroatoms. The number of methoxy groups -OCH3 is 1. The lowest BCUT2D eigenvalue weighted by atomic mass is 9.94. The molecule has 2 atom stereocenters. The van der Waals surface area contributed by atoms with Crippen LogP contribution < -0.4 is 4.74 Å². The molecule has 0 aliphatic carbocycles. The molecule has 2 unspecified atom stereocenters. The first-order valence-electron chi connectivity index (χ1n) is 5.91. The van der Waals surface area contributed by atoms with Crippen molar-refractivity contribution in [2.45, 2.75) is 17.7 Å². The molecule has 0 spiro atoms. The molecule has 1 heterocycles. The SMILES string of the molecule is COc1ccccc1C(Br)C(C)c1ccncc1. The van der Waals surface area contributed by atoms with Crippen LogP contribution in [0.1, 0.15) is 28.8 Å². The van der Waals surface area contributed by atoms with Crippen LogP contribution in [0.2, 0.25) is 0 Å². The van der Waals surface area contributed by atoms with Crippen molar-refractivity contribution < 1.29 is 4.74 Å². The highest BCUT2D eigenvalue weighted by molar-refractivity contribution is 9.09. The molecule has 0 aliphatic rings. The van der Waals surface area contributed by atoms with Gasteiger partial charge in [-0.3, -0.25) is 4.98 Å². The summed E-state index contributed by atoms with van der Waals surface area (Å²) in [6, 6.07) is 12.2. The molecule has 0 amide bonds. The van der Waals surface area contributed by atoms with Crippen molar-refractivity contribution in [3.8, 4) is 5.75 Å². The van der Waals surface area contributed by atoms with Crippen molar-refractivity contribution in [1.29, 1.82) is 0 Å². The quantitative estimate of drug-likeness (QED) is 0.784. The molecule has 2 rings (SSSR count). The second-order valence-electron chi connectivity index (χ2n) is 4.21. The van der Waals surface area contributed by atoms with Gasteiger partial charge in [0.25, 0.3) is 0 Å². The Morgan fingerprint density at radius 2 is 1.78 bits per heavy atom. The third kappa shape index (κ3) is 2.72. The van der Waals surface area contributed by atoms with Gasteiger partial charge >= 0.3 is 0 Å². The fourth-order valence-corrected chi connectivity index (χ4v) is 2.68. The van der Waals surface area contributed by atoms with Crippen LogP contribution in [0.5, 0.6) is 5.75 Å². The van der Waals surface area contributed by atoms with Crippen molar-refractivity contribution in [1.82, 2.24) is 4.98 Å². The van der Waals surface area contributed by atoms with Gasteiger partial charge in [0.05, 0.1) is 7.11 Å². The van der Waals surface area contributed by atoms with E-state index in [-0.39, 0.29) is 4.83 Å². The Balaban J connectivity index is 2.28. The number of halogens is 1. The number of hydrogen-bond donors (Lipinski definition) is 0. The molecule has 1 aromatic heterocycles. The van der Waals surface area contributed by atoms with Gasteiger partial charge in [-0.25, -0.2) is 0 Å². The molecule has 94 valence electrons. The molecule has 0 N–H and O–H groups in total. The number of ether oxygens (including phenoxy) is 1. The van der Waals surface area contributed by atoms with Crippen LogP contribution in [0.4, 0.5) is 0 Å². The molecular weight excluding hydrogens is 290 g/mol. The Morgan fingerprint density at radius 1 is 1.11 bits per heavy atom. The Hall–Kier alpha value is -1.35. The van der Waals surface area contributed by atoms with E-state index in [9.17, 15) is 0 Å². The molecule has 0 saturated heterocycles. The largest absolute Gasteiger partial charge is 0.496 e. The minimum atomic E-state index is 0.219. The van der Waals surface area contributed by atoms with Crippen LogP contribution in [0, 0.1) is 0 Å². The van der Waals surface area contributed by atoms with E-state index < -0.39 is 0 Å². The average Bonchev–Trinajstić information content (AvgIpc) is 2.46. The lowest BCUT2D eigenvalue weighted by molar-refractivity contribution is 0.408. The van der Waals surface area contributed by atoms with Gasteiger partial charge in [-0.2, -0.15) is 0 Å². The van der Waals surface area contributed by atoms with Gasteiger partial charge in [-0.1, -0.05) is 41.1 Å². The molecule has 2 nitrogen and oxygen atoms in total. The Bertz CT molecular complexity index is 501. The molecule has 0 bridgehead atoms. The van der Waals surface area contributed by atoms with Crippen LogP contribution >= 0.6 is 15.9 Å². The summed E-state index contributed by atoms with van der Waals surface area (Å²) in [5.74, 6) is 1.27. The van der Waals surface area contributed by atoms with Gasteiger partial charge in [0.1, 0.15) is 5.75 Å². The first-order chi connectivity index (χ1) is 8.74. The fourth-order valence-electron chi connectivity index (χ4n) is 2.00. The van der Waals surface area contributed by atoms with Gasteiger partial charge in [-0.15, -0.1) is 0 Å². The lowest BCUT2D eigenvalue weighted by Crippen LogP contribution is -2.04. The van der Waals surface area contributed by atoms with Crippen LogP contribution in [0.15, 0.2) is 48.8 Å². The van der Waals surface area contributed by atoms with Crippen molar-refractivity contribution in [3.05, 3.63) is 59.9 Å². The highest BCUT2D eigenvalue weighted by Gasteiger charge is 2.20. The molecule has 18 heavy (non-hydrogen) atoms. The zero-order valence-corrected chi connectivity index (χ0v) is 12.1. The first-order valence-corrected chi connectivity index (χ1v) is 6.82. The van der Waals surface area contributed by atoms with E-state index in [4.69, 9.17) is 4.74 Å². The van der Waals surface area contributed by atoms with Crippen LogP contribution in [-0.4, -0.2) is 12.1 Å². The summed E-state index contributed by atoms with van der Waals surface area (Å²) in [5.41, 5.74) is 2.43. The predicted octanol–water partition coefficient (Wildman–Crippen LogP) is 4.33. The van der Waals surface area contributed by atoms with E-state index in [0.717, 1.165) is 5.75 Å². The summed E-state index contributed by atoms with van der Waals surface area (Å²) >= 11 is 3.78. The van der Waals surface area contributed by atoms with Crippen molar-refractivity contribution >= 4 is 15.9 Å². The van der Waals surface area contributed by atoms with Gasteiger partial charge in [0, 0.05) is 22.8 Å². The number of benzene rings is 1. The highest BCUT2D eigenvalue weighted by atomic mass is 79.9. The van der Waals surface area contributed by atoms with E-state index in [2.05, 4.69) is 33.9 Å². The number of para-hydroxylation sites is 1. The van der Waals surface area contributed by atoms with E-state index in [0.29, 0.717) is 5.92 Å². The molecule has 1 aromatic carbocycles. The molecule has 0 radical (unpaired) electrons. The van der Waals surface area contributed by atoms with Crippen LogP contribution in [0.3, 0.4) is 0 Å². The van der Waals surface area contributed by atoms with Crippen LogP contribution in [0.25, 0.3) is 0 Å². The summed E-state index contributed by atoms with van der Waals surface area (Å²) in [7, 11) is 1.70. The third-order valence-corrected chi connectivity index (χ3v) is 4.39. The van der Waals surface area contributed by atoms with E-state index in [1.54, 1.807) is 7.11 Å². The third-order valence-electron chi connectivity index (χ3n) is 3.11. The van der Waals surface area contributed by atoms with Gasteiger partial charge < -0.3 is 4.74 Å². The lowest BCUT2D eigenvalue weighted by Gasteiger charge is -2.21. The second-order valence-corrected chi connectivity index (χ2v) is 5.20. The van der Waals surface area contributed by atoms with Crippen molar-refractivity contribution in [2.75, 3.05) is 7.11 Å². The minimum Gasteiger partial charge on any atom is -0.496 e. The Morgan fingerprint density at radius 3 is 2.44 bits per heavy atom. The highest BCUT2D eigenvalue weighted by Crippen LogP contribution is 2.41. The topological polar surface area (TPSA) is 22.1 Å². The standard InChI is InChI=1S/C15H16BrNO/c1-11(12-7-9-17-10-8-12)15(16)13-5-3-4-6-14(13)18-2/h3-11,15H,1-2H3. The van der Waals surface area contributed by atoms with E-state index >= 15 is 0 Å². The summed E-state index contributed by atoms with van der Waals surface area (Å²) in [6.07, 6.45) is 3.65. The Labute approximate surface area is 116 Å². The van der Waals surface area contributed by atoms with Crippen molar-refractivity contribution in [2.24, 2.45) is 0 Å². The maximum atomic E-state index is 5.41. The summed E-state index contributed by atoms with van der Waals surface area (Å²) in [6.45, 7) is 2.20. The smallest absolute Gasteiger partial charge is 0.123 e. The van der Waals surface area contributed by atoms with Gasteiger partial charge in [-0.05, 0) is 29.7 Å². The summed E-state index contributed by atoms with van der Waals surface area (Å²) in [4.78, 5) is 4.27. The monoisotopic (exact) mass is 305 g/mol. The van der Waals surface area contributed by atoms with E-state index in [1.807, 2.05) is 42.7 Å². The second kappa shape index (κ2) is 6.01. The van der Waals surface area contributed by atoms with Crippen LogP contribution in [-0.2, 0) is 0 Å². The van der Waals surface area contributed by atoms with Gasteiger partial charge in [0.2, 0.25) is 0 Å². The molecule has 0 saturated carbocycles. The normalized spacial score (nSPS) is 13.9. The number of nitrogens with zero attached hydrogens (tertiary/aromatic N) is 1. The molecule has 2 aromatic rings. The average molecular weight is 306 g/mol. The maximum absolute atomic E-state index is 5.41. The van der Waals surface area contributed by atoms with Crippen molar-refractivity contribution in [3.63, 3.8) is 0 Å². The fraction of sp³-hybridized carbons (Fsp3) is 0.267. The number of pyridine rings is 1. The number of rotatable bonds is 4. The van der Waals surface area contributed by atoms with Gasteiger partial charge in [0.15, 0.2) is 0 Å². The predicted molar refractivity (Wildman–Crippen MR) is 77.3 cm³/mol. The molecule has 0 fully saturated rings. The first kappa shape index (κ1) is 13.1. The molecular formula is C15H16BrNO. The Kier molecular flexibility index (Phi) is 4.37. The van der Waals surface area contributed by atoms with E-state index in [1.165, 1.54) is 11.1 Å². The zero-order valence-electron chi connectivity index (χ0n) is 10.5. The molecule has 0 aliphatic heterocycles. The number of alkyl halides is 1. The summed E-state index contributed by atoms with van der Waals surface area (Å²) < 4.78 is 5.41.